The van der Waals surface area contributed by atoms with E-state index in [1.54, 1.807) is 0 Å². The molecule has 0 aromatic heterocycles. The third kappa shape index (κ3) is 5.33. The van der Waals surface area contributed by atoms with Crippen molar-refractivity contribution in [3.63, 3.8) is 0 Å². The second-order valence-electron chi connectivity index (χ2n) is 7.56. The van der Waals surface area contributed by atoms with Crippen molar-refractivity contribution in [3.05, 3.63) is 64.7 Å². The lowest BCUT2D eigenvalue weighted by Crippen LogP contribution is -2.47. The van der Waals surface area contributed by atoms with Gasteiger partial charge in [0.25, 0.3) is 0 Å². The van der Waals surface area contributed by atoms with Crippen LogP contribution < -0.4 is 10.2 Å². The molecule has 4 heteroatoms. The number of nitrogens with one attached hydrogen (secondary N) is 1. The van der Waals surface area contributed by atoms with Gasteiger partial charge in [-0.15, -0.1) is 0 Å². The van der Waals surface area contributed by atoms with E-state index in [1.165, 1.54) is 22.4 Å². The van der Waals surface area contributed by atoms with Crippen LogP contribution in [0.25, 0.3) is 0 Å². The van der Waals surface area contributed by atoms with E-state index >= 15 is 0 Å². The zero-order chi connectivity index (χ0) is 19.2. The van der Waals surface area contributed by atoms with Crippen LogP contribution in [0.15, 0.2) is 42.5 Å². The quantitative estimate of drug-likeness (QED) is 0.852. The zero-order valence-corrected chi connectivity index (χ0v) is 16.8. The third-order valence-corrected chi connectivity index (χ3v) is 5.55. The highest BCUT2D eigenvalue weighted by Crippen LogP contribution is 2.23. The number of piperazine rings is 1. The van der Waals surface area contributed by atoms with Crippen molar-refractivity contribution in [2.45, 2.75) is 33.7 Å². The molecule has 3 rings (SSSR count). The minimum Gasteiger partial charge on any atom is -0.369 e. The summed E-state index contributed by atoms with van der Waals surface area (Å²) in [6, 6.07) is 14.8. The Morgan fingerprint density at radius 1 is 0.963 bits per heavy atom. The Hall–Kier alpha value is -2.33. The van der Waals surface area contributed by atoms with Gasteiger partial charge in [-0.2, -0.15) is 0 Å². The summed E-state index contributed by atoms with van der Waals surface area (Å²) in [5.74, 6) is 0.132. The van der Waals surface area contributed by atoms with Crippen molar-refractivity contribution < 1.29 is 4.79 Å². The van der Waals surface area contributed by atoms with Crippen LogP contribution in [-0.4, -0.2) is 43.5 Å². The van der Waals surface area contributed by atoms with Crippen molar-refractivity contribution in [3.8, 4) is 0 Å². The van der Waals surface area contributed by atoms with Crippen LogP contribution in [0.5, 0.6) is 0 Å². The van der Waals surface area contributed by atoms with Crippen molar-refractivity contribution in [2.75, 3.05) is 37.6 Å². The molecule has 144 valence electrons. The minimum atomic E-state index is 0.132. The Bertz CT molecular complexity index is 762. The van der Waals surface area contributed by atoms with E-state index in [4.69, 9.17) is 0 Å². The van der Waals surface area contributed by atoms with Crippen molar-refractivity contribution >= 4 is 11.6 Å². The molecule has 1 amide bonds. The summed E-state index contributed by atoms with van der Waals surface area (Å²) in [6.45, 7) is 12.0. The van der Waals surface area contributed by atoms with E-state index in [9.17, 15) is 4.79 Å². The minimum absolute atomic E-state index is 0.132. The Kier molecular flexibility index (Phi) is 6.51. The molecule has 2 aromatic carbocycles. The lowest BCUT2D eigenvalue weighted by atomic mass is 10.1. The van der Waals surface area contributed by atoms with Gasteiger partial charge in [0.05, 0.1) is 0 Å². The maximum Gasteiger partial charge on any atom is 0.221 e. The molecule has 0 bridgehead atoms. The molecule has 2 aromatic rings. The predicted molar refractivity (Wildman–Crippen MR) is 112 cm³/mol. The normalized spacial score (nSPS) is 15.0. The van der Waals surface area contributed by atoms with Crippen LogP contribution >= 0.6 is 0 Å². The molecule has 1 aliphatic rings. The molecule has 27 heavy (non-hydrogen) atoms. The highest BCUT2D eigenvalue weighted by Gasteiger charge is 2.19. The highest BCUT2D eigenvalue weighted by atomic mass is 16.1. The first kappa shape index (κ1) is 19.4. The van der Waals surface area contributed by atoms with Crippen LogP contribution in [0.1, 0.15) is 28.7 Å². The summed E-state index contributed by atoms with van der Waals surface area (Å²) in [4.78, 5) is 17.0. The average molecular weight is 366 g/mol. The molecule has 1 fully saturated rings. The topological polar surface area (TPSA) is 35.6 Å². The number of anilines is 1. The zero-order valence-electron chi connectivity index (χ0n) is 16.8. The second kappa shape index (κ2) is 9.05. The Balaban J connectivity index is 1.39. The third-order valence-electron chi connectivity index (χ3n) is 5.55. The molecule has 0 spiro atoms. The fourth-order valence-corrected chi connectivity index (χ4v) is 3.55. The number of aryl methyl sites for hydroxylation is 2. The maximum atomic E-state index is 12.1. The summed E-state index contributed by atoms with van der Waals surface area (Å²) in [6.07, 6.45) is 0.565. The second-order valence-corrected chi connectivity index (χ2v) is 7.56. The van der Waals surface area contributed by atoms with Gasteiger partial charge in [-0.3, -0.25) is 9.69 Å². The van der Waals surface area contributed by atoms with Crippen molar-refractivity contribution in [1.29, 1.82) is 0 Å². The number of carbonyl (C=O) groups is 1. The Labute approximate surface area is 163 Å². The first-order chi connectivity index (χ1) is 13.0. The fourth-order valence-electron chi connectivity index (χ4n) is 3.55. The lowest BCUT2D eigenvalue weighted by molar-refractivity contribution is -0.121. The maximum absolute atomic E-state index is 12.1. The summed E-state index contributed by atoms with van der Waals surface area (Å²) in [5.41, 5.74) is 6.47. The van der Waals surface area contributed by atoms with Gasteiger partial charge < -0.3 is 10.2 Å². The molecule has 1 heterocycles. The van der Waals surface area contributed by atoms with Gasteiger partial charge in [-0.1, -0.05) is 42.0 Å². The van der Waals surface area contributed by atoms with Crippen LogP contribution in [0.3, 0.4) is 0 Å². The number of hydrogen-bond acceptors (Lipinski definition) is 3. The van der Waals surface area contributed by atoms with E-state index < -0.39 is 0 Å². The fraction of sp³-hybridized carbons (Fsp3) is 0.435. The van der Waals surface area contributed by atoms with Gasteiger partial charge in [0.1, 0.15) is 0 Å². The molecule has 1 aliphatic heterocycles. The first-order valence-corrected chi connectivity index (χ1v) is 9.88. The Morgan fingerprint density at radius 2 is 1.67 bits per heavy atom. The average Bonchev–Trinajstić information content (AvgIpc) is 2.68. The smallest absolute Gasteiger partial charge is 0.221 e. The molecule has 0 aliphatic carbocycles. The molecular formula is C23H31N3O. The van der Waals surface area contributed by atoms with E-state index in [1.807, 2.05) is 0 Å². The van der Waals surface area contributed by atoms with Gasteiger partial charge in [-0.25, -0.2) is 0 Å². The van der Waals surface area contributed by atoms with Crippen LogP contribution in [0.2, 0.25) is 0 Å². The van der Waals surface area contributed by atoms with Crippen molar-refractivity contribution in [2.24, 2.45) is 0 Å². The number of carbonyl (C=O) groups excluding carboxylic acids is 1. The summed E-state index contributed by atoms with van der Waals surface area (Å²) >= 11 is 0. The Morgan fingerprint density at radius 3 is 2.37 bits per heavy atom. The van der Waals surface area contributed by atoms with Gasteiger partial charge in [-0.05, 0) is 43.5 Å². The molecule has 1 saturated heterocycles. The van der Waals surface area contributed by atoms with Crippen LogP contribution in [0, 0.1) is 20.8 Å². The van der Waals surface area contributed by atoms with Crippen LogP contribution in [-0.2, 0) is 11.3 Å². The molecule has 0 unspecified atom stereocenters. The van der Waals surface area contributed by atoms with E-state index in [-0.39, 0.29) is 5.91 Å². The van der Waals surface area contributed by atoms with Crippen LogP contribution in [0.4, 0.5) is 5.69 Å². The molecule has 0 atom stereocenters. The highest BCUT2D eigenvalue weighted by molar-refractivity contribution is 5.76. The molecule has 0 saturated carbocycles. The number of rotatable bonds is 6. The summed E-state index contributed by atoms with van der Waals surface area (Å²) in [7, 11) is 0. The monoisotopic (exact) mass is 365 g/mol. The van der Waals surface area contributed by atoms with Gasteiger partial charge in [0, 0.05) is 51.4 Å². The molecular weight excluding hydrogens is 334 g/mol. The number of hydrogen-bond donors (Lipinski definition) is 1. The standard InChI is InChI=1S/C23H31N3O/c1-18-7-9-21(10-8-18)17-24-23(27)11-12-25-13-15-26(16-14-25)22-6-4-5-19(2)20(22)3/h4-10H,11-17H2,1-3H3,(H,24,27). The lowest BCUT2D eigenvalue weighted by Gasteiger charge is -2.37. The predicted octanol–water partition coefficient (Wildman–Crippen LogP) is 3.44. The van der Waals surface area contributed by atoms with Gasteiger partial charge in [0.15, 0.2) is 0 Å². The largest absolute Gasteiger partial charge is 0.369 e. The molecule has 4 nitrogen and oxygen atoms in total. The van der Waals surface area contributed by atoms with E-state index in [2.05, 4.69) is 78.4 Å². The number of nitrogens with zero attached hydrogens (tertiary/aromatic N) is 2. The van der Waals surface area contributed by atoms with E-state index in [0.29, 0.717) is 13.0 Å². The van der Waals surface area contributed by atoms with Crippen molar-refractivity contribution in [1.82, 2.24) is 10.2 Å². The van der Waals surface area contributed by atoms with E-state index in [0.717, 1.165) is 38.3 Å². The summed E-state index contributed by atoms with van der Waals surface area (Å²) in [5, 5.41) is 3.03. The molecule has 1 N–H and O–H groups in total. The SMILES string of the molecule is Cc1ccc(CNC(=O)CCN2CCN(c3cccc(C)c3C)CC2)cc1. The number of benzene rings is 2. The first-order valence-electron chi connectivity index (χ1n) is 9.88. The van der Waals surface area contributed by atoms with Gasteiger partial charge >= 0.3 is 0 Å². The summed E-state index contributed by atoms with van der Waals surface area (Å²) < 4.78 is 0. The molecule has 0 radical (unpaired) electrons. The number of amides is 1. The van der Waals surface area contributed by atoms with Gasteiger partial charge in [0.2, 0.25) is 5.91 Å².